The van der Waals surface area contributed by atoms with Crippen molar-refractivity contribution < 1.29 is 4.79 Å². The predicted octanol–water partition coefficient (Wildman–Crippen LogP) is 1.85. The highest BCUT2D eigenvalue weighted by Gasteiger charge is 2.13. The molecule has 1 heteroatoms. The van der Waals surface area contributed by atoms with E-state index in [1.54, 1.807) is 6.08 Å². The topological polar surface area (TPSA) is 17.1 Å². The summed E-state index contributed by atoms with van der Waals surface area (Å²) in [4.78, 5) is 10.9. The van der Waals surface area contributed by atoms with Crippen molar-refractivity contribution in [3.63, 3.8) is 0 Å². The quantitative estimate of drug-likeness (QED) is 0.448. The number of hydrogen-bond donors (Lipinski definition) is 0. The molecule has 0 bridgehead atoms. The molecule has 0 aromatic heterocycles. The second-order valence-corrected chi connectivity index (χ2v) is 2.35. The van der Waals surface area contributed by atoms with E-state index in [2.05, 4.69) is 0 Å². The van der Waals surface area contributed by atoms with Crippen molar-refractivity contribution in [2.45, 2.75) is 20.3 Å². The second-order valence-electron chi connectivity index (χ2n) is 2.35. The third kappa shape index (κ3) is 1.10. The number of carbonyl (C=O) groups excluding carboxylic acids is 1. The highest BCUT2D eigenvalue weighted by Crippen LogP contribution is 2.19. The molecule has 1 aliphatic carbocycles. The van der Waals surface area contributed by atoms with Crippen molar-refractivity contribution in [3.8, 4) is 0 Å². The van der Waals surface area contributed by atoms with Crippen LogP contribution >= 0.6 is 0 Å². The molecule has 0 spiro atoms. The first kappa shape index (κ1) is 6.27. The minimum absolute atomic E-state index is 0.190. The van der Waals surface area contributed by atoms with E-state index in [-0.39, 0.29) is 5.78 Å². The zero-order valence-corrected chi connectivity index (χ0v) is 5.77. The first-order valence-electron chi connectivity index (χ1n) is 3.10. The molecule has 0 N–H and O–H groups in total. The summed E-state index contributed by atoms with van der Waals surface area (Å²) in [5.41, 5.74) is 2.11. The molecule has 0 atom stereocenters. The molecule has 0 aliphatic heterocycles. The molecule has 1 rings (SSSR count). The lowest BCUT2D eigenvalue weighted by molar-refractivity contribution is -0.111. The van der Waals surface area contributed by atoms with Crippen molar-refractivity contribution >= 4 is 5.78 Å². The van der Waals surface area contributed by atoms with E-state index in [4.69, 9.17) is 0 Å². The molecule has 0 amide bonds. The summed E-state index contributed by atoms with van der Waals surface area (Å²) < 4.78 is 0. The Morgan fingerprint density at radius 2 is 2.33 bits per heavy atom. The number of rotatable bonds is 0. The molecule has 0 aromatic carbocycles. The number of ketones is 1. The van der Waals surface area contributed by atoms with Crippen LogP contribution in [0.4, 0.5) is 0 Å². The maximum absolute atomic E-state index is 10.9. The number of hydrogen-bond acceptors (Lipinski definition) is 1. The van der Waals surface area contributed by atoms with Gasteiger partial charge in [-0.1, -0.05) is 11.6 Å². The fraction of sp³-hybridized carbons (Fsp3) is 0.375. The minimum atomic E-state index is 0.190. The Bertz CT molecular complexity index is 197. The molecule has 0 radical (unpaired) electrons. The Labute approximate surface area is 55.1 Å². The van der Waals surface area contributed by atoms with Crippen LogP contribution in [0.2, 0.25) is 0 Å². The van der Waals surface area contributed by atoms with Crippen molar-refractivity contribution in [1.29, 1.82) is 0 Å². The molecule has 1 nitrogen and oxygen atoms in total. The zero-order chi connectivity index (χ0) is 6.85. The summed E-state index contributed by atoms with van der Waals surface area (Å²) in [6, 6.07) is 0. The Hall–Kier alpha value is -0.850. The molecule has 0 saturated heterocycles. The van der Waals surface area contributed by atoms with E-state index < -0.39 is 0 Å². The van der Waals surface area contributed by atoms with Gasteiger partial charge in [0.25, 0.3) is 0 Å². The van der Waals surface area contributed by atoms with E-state index in [9.17, 15) is 4.79 Å². The number of allylic oxidation sites excluding steroid dienone is 4. The van der Waals surface area contributed by atoms with Crippen molar-refractivity contribution in [2.24, 2.45) is 0 Å². The zero-order valence-electron chi connectivity index (χ0n) is 5.77. The summed E-state index contributed by atoms with van der Waals surface area (Å²) in [5.74, 6) is 0.190. The van der Waals surface area contributed by atoms with Gasteiger partial charge in [0, 0.05) is 0 Å². The first-order chi connectivity index (χ1) is 4.24. The molecule has 0 fully saturated rings. The molecular formula is C8H10O. The van der Waals surface area contributed by atoms with Gasteiger partial charge in [0.2, 0.25) is 0 Å². The third-order valence-corrected chi connectivity index (χ3v) is 1.51. The SMILES string of the molecule is C/C=C1/CC(C)=CC1=O. The summed E-state index contributed by atoms with van der Waals surface area (Å²) in [5, 5.41) is 0. The summed E-state index contributed by atoms with van der Waals surface area (Å²) in [6.45, 7) is 3.88. The molecule has 1 aliphatic rings. The fourth-order valence-electron chi connectivity index (χ4n) is 0.999. The first-order valence-corrected chi connectivity index (χ1v) is 3.10. The molecule has 9 heavy (non-hydrogen) atoms. The smallest absolute Gasteiger partial charge is 0.181 e. The van der Waals surface area contributed by atoms with Crippen LogP contribution in [-0.4, -0.2) is 5.78 Å². The Morgan fingerprint density at radius 1 is 1.67 bits per heavy atom. The van der Waals surface area contributed by atoms with Crippen LogP contribution in [0.25, 0.3) is 0 Å². The molecular weight excluding hydrogens is 112 g/mol. The van der Waals surface area contributed by atoms with Crippen LogP contribution in [0, 0.1) is 0 Å². The monoisotopic (exact) mass is 122 g/mol. The lowest BCUT2D eigenvalue weighted by Crippen LogP contribution is -1.88. The van der Waals surface area contributed by atoms with E-state index in [1.807, 2.05) is 19.9 Å². The highest BCUT2D eigenvalue weighted by atomic mass is 16.1. The van der Waals surface area contributed by atoms with Crippen LogP contribution in [0.3, 0.4) is 0 Å². The molecule has 48 valence electrons. The van der Waals surface area contributed by atoms with Crippen LogP contribution in [0.5, 0.6) is 0 Å². The molecule has 0 unspecified atom stereocenters. The Balaban J connectivity index is 2.84. The molecule has 0 saturated carbocycles. The van der Waals surface area contributed by atoms with Crippen LogP contribution < -0.4 is 0 Å². The second kappa shape index (κ2) is 2.18. The standard InChI is InChI=1S/C8H10O/c1-3-7-4-6(2)5-8(7)9/h3,5H,4H2,1-2H3/b7-3-. The van der Waals surface area contributed by atoms with Gasteiger partial charge in [0.15, 0.2) is 5.78 Å². The lowest BCUT2D eigenvalue weighted by atomic mass is 10.2. The summed E-state index contributed by atoms with van der Waals surface area (Å²) >= 11 is 0. The fourth-order valence-corrected chi connectivity index (χ4v) is 0.999. The summed E-state index contributed by atoms with van der Waals surface area (Å²) in [6.07, 6.45) is 4.44. The van der Waals surface area contributed by atoms with Gasteiger partial charge in [0.1, 0.15) is 0 Å². The van der Waals surface area contributed by atoms with Crippen LogP contribution in [0.1, 0.15) is 20.3 Å². The minimum Gasteiger partial charge on any atom is -0.290 e. The Morgan fingerprint density at radius 3 is 2.56 bits per heavy atom. The summed E-state index contributed by atoms with van der Waals surface area (Å²) in [7, 11) is 0. The van der Waals surface area contributed by atoms with E-state index in [0.717, 1.165) is 12.0 Å². The third-order valence-electron chi connectivity index (χ3n) is 1.51. The largest absolute Gasteiger partial charge is 0.290 e. The maximum Gasteiger partial charge on any atom is 0.181 e. The van der Waals surface area contributed by atoms with Crippen LogP contribution in [0.15, 0.2) is 23.3 Å². The number of carbonyl (C=O) groups is 1. The average molecular weight is 122 g/mol. The van der Waals surface area contributed by atoms with Crippen molar-refractivity contribution in [3.05, 3.63) is 23.3 Å². The normalized spacial score (nSPS) is 23.1. The van der Waals surface area contributed by atoms with Gasteiger partial charge in [-0.15, -0.1) is 0 Å². The van der Waals surface area contributed by atoms with E-state index in [1.165, 1.54) is 5.57 Å². The van der Waals surface area contributed by atoms with Crippen LogP contribution in [-0.2, 0) is 4.79 Å². The van der Waals surface area contributed by atoms with Gasteiger partial charge in [-0.3, -0.25) is 4.79 Å². The molecule has 0 aromatic rings. The highest BCUT2D eigenvalue weighted by molar-refractivity contribution is 6.07. The lowest BCUT2D eigenvalue weighted by Gasteiger charge is -1.88. The van der Waals surface area contributed by atoms with Crippen molar-refractivity contribution in [1.82, 2.24) is 0 Å². The van der Waals surface area contributed by atoms with Gasteiger partial charge in [-0.2, -0.15) is 0 Å². The van der Waals surface area contributed by atoms with Gasteiger partial charge in [-0.25, -0.2) is 0 Å². The van der Waals surface area contributed by atoms with E-state index >= 15 is 0 Å². The van der Waals surface area contributed by atoms with Gasteiger partial charge in [0.05, 0.1) is 0 Å². The van der Waals surface area contributed by atoms with E-state index in [0.29, 0.717) is 0 Å². The average Bonchev–Trinajstić information content (AvgIpc) is 2.10. The Kier molecular flexibility index (Phi) is 1.52. The predicted molar refractivity (Wildman–Crippen MR) is 37.1 cm³/mol. The van der Waals surface area contributed by atoms with Crippen molar-refractivity contribution in [2.75, 3.05) is 0 Å². The van der Waals surface area contributed by atoms with Gasteiger partial charge < -0.3 is 0 Å². The maximum atomic E-state index is 10.9. The van der Waals surface area contributed by atoms with Gasteiger partial charge in [-0.05, 0) is 31.9 Å². The molecule has 0 heterocycles. The van der Waals surface area contributed by atoms with Gasteiger partial charge >= 0.3 is 0 Å².